The minimum Gasteiger partial charge on any atom is -0.308 e. The van der Waals surface area contributed by atoms with Crippen molar-refractivity contribution in [2.24, 2.45) is 10.2 Å². The molecule has 0 saturated heterocycles. The third-order valence-electron chi connectivity index (χ3n) is 4.23. The molecule has 9 heteroatoms. The molecule has 0 aliphatic carbocycles. The van der Waals surface area contributed by atoms with Crippen molar-refractivity contribution in [3.63, 3.8) is 0 Å². The van der Waals surface area contributed by atoms with Crippen molar-refractivity contribution in [1.29, 1.82) is 0 Å². The van der Waals surface area contributed by atoms with Crippen LogP contribution in [0.3, 0.4) is 0 Å². The molecule has 28 heavy (non-hydrogen) atoms. The molecule has 1 atom stereocenters. The summed E-state index contributed by atoms with van der Waals surface area (Å²) >= 11 is 0. The minimum absolute atomic E-state index is 0.0305. The molecule has 2 amide bonds. The lowest BCUT2D eigenvalue weighted by Gasteiger charge is -2.20. The molecular formula is C19H17F3N4O2. The van der Waals surface area contributed by atoms with Crippen LogP contribution in [0.5, 0.6) is 0 Å². The zero-order chi connectivity index (χ0) is 20.1. The van der Waals surface area contributed by atoms with E-state index in [1.807, 2.05) is 0 Å². The number of halogens is 3. The number of hydrogen-bond acceptors (Lipinski definition) is 4. The Bertz CT molecular complexity index is 912. The monoisotopic (exact) mass is 390 g/mol. The van der Waals surface area contributed by atoms with Crippen molar-refractivity contribution in [1.82, 2.24) is 0 Å². The van der Waals surface area contributed by atoms with Crippen LogP contribution in [-0.2, 0) is 17.5 Å². The Labute approximate surface area is 158 Å². The molecule has 0 bridgehead atoms. The topological polar surface area (TPSA) is 82.9 Å². The molecule has 1 heterocycles. The molecule has 0 spiro atoms. The number of nitrogens with one attached hydrogen (secondary N) is 2. The predicted octanol–water partition coefficient (Wildman–Crippen LogP) is 5.34. The van der Waals surface area contributed by atoms with Crippen molar-refractivity contribution in [3.05, 3.63) is 59.2 Å². The smallest absolute Gasteiger partial charge is 0.308 e. The van der Waals surface area contributed by atoms with Crippen LogP contribution in [0.4, 0.5) is 29.3 Å². The van der Waals surface area contributed by atoms with Gasteiger partial charge in [0.25, 0.3) is 0 Å². The summed E-state index contributed by atoms with van der Waals surface area (Å²) in [5.41, 5.74) is 1.48. The van der Waals surface area contributed by atoms with E-state index in [9.17, 15) is 22.8 Å². The van der Waals surface area contributed by atoms with Gasteiger partial charge in [-0.05, 0) is 47.9 Å². The molecule has 2 N–H and O–H groups in total. The lowest BCUT2D eigenvalue weighted by Crippen LogP contribution is -2.20. The summed E-state index contributed by atoms with van der Waals surface area (Å²) in [5, 5.41) is 13.2. The highest BCUT2D eigenvalue weighted by Crippen LogP contribution is 2.33. The molecule has 0 fully saturated rings. The first-order chi connectivity index (χ1) is 13.4. The van der Waals surface area contributed by atoms with E-state index >= 15 is 0 Å². The second kappa shape index (κ2) is 8.20. The van der Waals surface area contributed by atoms with Crippen LogP contribution in [-0.4, -0.2) is 12.3 Å². The van der Waals surface area contributed by atoms with Crippen molar-refractivity contribution < 1.29 is 22.8 Å². The van der Waals surface area contributed by atoms with Gasteiger partial charge in [0.2, 0.25) is 0 Å². The van der Waals surface area contributed by atoms with Gasteiger partial charge in [-0.15, -0.1) is 0 Å². The first-order valence-corrected chi connectivity index (χ1v) is 8.55. The number of aldehydes is 1. The van der Waals surface area contributed by atoms with Gasteiger partial charge in [-0.2, -0.15) is 23.4 Å². The Hall–Kier alpha value is -3.23. The first-order valence-electron chi connectivity index (χ1n) is 8.55. The maximum Gasteiger partial charge on any atom is 0.416 e. The standard InChI is InChI=1S/C19H17F3N4O2/c20-19(21,22)13-3-1-4-14(9-13)24-18(28)25-15-7-6-12-11-23-26-17(5-2-8-27)16(12)10-15/h1,3-4,6-10,17H,2,5,11H2,(H2,24,25,28). The fourth-order valence-corrected chi connectivity index (χ4v) is 2.91. The fraction of sp³-hybridized carbons (Fsp3) is 0.263. The van der Waals surface area contributed by atoms with Gasteiger partial charge >= 0.3 is 12.2 Å². The summed E-state index contributed by atoms with van der Waals surface area (Å²) < 4.78 is 38.3. The lowest BCUT2D eigenvalue weighted by molar-refractivity contribution is -0.137. The number of benzene rings is 2. The molecule has 0 radical (unpaired) electrons. The average molecular weight is 390 g/mol. The lowest BCUT2D eigenvalue weighted by atomic mass is 9.96. The highest BCUT2D eigenvalue weighted by atomic mass is 19.4. The van der Waals surface area contributed by atoms with Crippen LogP contribution in [0.1, 0.15) is 35.6 Å². The third kappa shape index (κ3) is 4.73. The molecular weight excluding hydrogens is 373 g/mol. The molecule has 2 aromatic rings. The van der Waals surface area contributed by atoms with E-state index in [2.05, 4.69) is 20.9 Å². The number of hydrogen-bond donors (Lipinski definition) is 2. The Balaban J connectivity index is 1.71. The fourth-order valence-electron chi connectivity index (χ4n) is 2.91. The van der Waals surface area contributed by atoms with Gasteiger partial charge in [-0.25, -0.2) is 4.79 Å². The van der Waals surface area contributed by atoms with Crippen LogP contribution in [0.15, 0.2) is 52.7 Å². The van der Waals surface area contributed by atoms with Crippen LogP contribution in [0.25, 0.3) is 0 Å². The van der Waals surface area contributed by atoms with Crippen molar-refractivity contribution in [2.75, 3.05) is 10.6 Å². The van der Waals surface area contributed by atoms with Gasteiger partial charge in [-0.1, -0.05) is 12.1 Å². The Kier molecular flexibility index (Phi) is 5.72. The van der Waals surface area contributed by atoms with Crippen LogP contribution in [0.2, 0.25) is 0 Å². The summed E-state index contributed by atoms with van der Waals surface area (Å²) in [6.07, 6.45) is -2.82. The number of fused-ring (bicyclic) bond motifs is 1. The molecule has 1 unspecified atom stereocenters. The summed E-state index contributed by atoms with van der Waals surface area (Å²) in [4.78, 5) is 22.8. The first kappa shape index (κ1) is 19.5. The highest BCUT2D eigenvalue weighted by molar-refractivity contribution is 5.99. The zero-order valence-electron chi connectivity index (χ0n) is 14.7. The molecule has 1 aliphatic rings. The Morgan fingerprint density at radius 2 is 1.89 bits per heavy atom. The maximum absolute atomic E-state index is 12.8. The third-order valence-corrected chi connectivity index (χ3v) is 4.23. The van der Waals surface area contributed by atoms with E-state index < -0.39 is 17.8 Å². The van der Waals surface area contributed by atoms with Crippen LogP contribution in [0, 0.1) is 0 Å². The van der Waals surface area contributed by atoms with Gasteiger partial charge in [0.15, 0.2) is 0 Å². The quantitative estimate of drug-likeness (QED) is 0.676. The van der Waals surface area contributed by atoms with Gasteiger partial charge in [-0.3, -0.25) is 0 Å². The Morgan fingerprint density at radius 3 is 2.61 bits per heavy atom. The van der Waals surface area contributed by atoms with E-state index in [0.717, 1.165) is 29.5 Å². The van der Waals surface area contributed by atoms with Crippen molar-refractivity contribution in [3.8, 4) is 0 Å². The zero-order valence-corrected chi connectivity index (χ0v) is 14.7. The summed E-state index contributed by atoms with van der Waals surface area (Å²) in [5.74, 6) is 0. The second-order valence-electron chi connectivity index (χ2n) is 6.25. The van der Waals surface area contributed by atoms with E-state index in [-0.39, 0.29) is 11.7 Å². The molecule has 0 aromatic heterocycles. The number of alkyl halides is 3. The van der Waals surface area contributed by atoms with E-state index in [0.29, 0.717) is 25.1 Å². The van der Waals surface area contributed by atoms with Gasteiger partial charge in [0.05, 0.1) is 18.2 Å². The average Bonchev–Trinajstić information content (AvgIpc) is 2.66. The largest absolute Gasteiger partial charge is 0.416 e. The van der Waals surface area contributed by atoms with Gasteiger partial charge < -0.3 is 15.4 Å². The molecule has 1 aliphatic heterocycles. The van der Waals surface area contributed by atoms with E-state index in [1.54, 1.807) is 18.2 Å². The van der Waals surface area contributed by atoms with Gasteiger partial charge in [0, 0.05) is 17.8 Å². The maximum atomic E-state index is 12.8. The van der Waals surface area contributed by atoms with E-state index in [4.69, 9.17) is 0 Å². The summed E-state index contributed by atoms with van der Waals surface area (Å²) in [6, 6.07) is 8.70. The number of anilines is 2. The van der Waals surface area contributed by atoms with Crippen LogP contribution < -0.4 is 10.6 Å². The van der Waals surface area contributed by atoms with Crippen molar-refractivity contribution >= 4 is 23.7 Å². The molecule has 0 saturated carbocycles. The number of urea groups is 1. The highest BCUT2D eigenvalue weighted by Gasteiger charge is 2.30. The number of carbonyl (C=O) groups excluding carboxylic acids is 2. The Morgan fingerprint density at radius 1 is 1.14 bits per heavy atom. The molecule has 2 aromatic carbocycles. The SMILES string of the molecule is O=CCCC1N=NCc2ccc(NC(=O)Nc3cccc(C(F)(F)F)c3)cc21. The predicted molar refractivity (Wildman–Crippen MR) is 97.1 cm³/mol. The number of amides is 2. The second-order valence-corrected chi connectivity index (χ2v) is 6.25. The number of azo groups is 1. The minimum atomic E-state index is -4.49. The molecule has 6 nitrogen and oxygen atoms in total. The van der Waals surface area contributed by atoms with Crippen LogP contribution >= 0.6 is 0 Å². The number of carbonyl (C=O) groups is 2. The number of rotatable bonds is 5. The summed E-state index contributed by atoms with van der Waals surface area (Å²) in [6.45, 7) is 0.420. The summed E-state index contributed by atoms with van der Waals surface area (Å²) in [7, 11) is 0. The molecule has 146 valence electrons. The van der Waals surface area contributed by atoms with Crippen molar-refractivity contribution in [2.45, 2.75) is 31.6 Å². The number of nitrogens with zero attached hydrogens (tertiary/aromatic N) is 2. The van der Waals surface area contributed by atoms with E-state index in [1.165, 1.54) is 12.1 Å². The normalized spacial score (nSPS) is 15.6. The van der Waals surface area contributed by atoms with Gasteiger partial charge in [0.1, 0.15) is 6.29 Å². The molecule has 3 rings (SSSR count).